The fraction of sp³-hybridized carbons (Fsp3) is 0.294. The molecule has 3 nitrogen and oxygen atoms in total. The molecule has 0 spiro atoms. The fourth-order valence-electron chi connectivity index (χ4n) is 2.12. The molecule has 2 N–H and O–H groups in total. The second-order valence-electron chi connectivity index (χ2n) is 4.85. The minimum absolute atomic E-state index is 0.0216. The van der Waals surface area contributed by atoms with E-state index < -0.39 is 0 Å². The molecular formula is C17H21NO2S. The smallest absolute Gasteiger partial charge is 0.119 e. The van der Waals surface area contributed by atoms with Crippen molar-refractivity contribution in [2.24, 2.45) is 5.73 Å². The molecule has 0 aliphatic rings. The Kier molecular flexibility index (Phi) is 5.53. The summed E-state index contributed by atoms with van der Waals surface area (Å²) in [4.78, 5) is 1.14. The van der Waals surface area contributed by atoms with Gasteiger partial charge in [0, 0.05) is 16.2 Å². The molecule has 2 aromatic rings. The molecule has 0 saturated carbocycles. The van der Waals surface area contributed by atoms with Gasteiger partial charge in [0.25, 0.3) is 0 Å². The van der Waals surface area contributed by atoms with E-state index in [9.17, 15) is 0 Å². The summed E-state index contributed by atoms with van der Waals surface area (Å²) in [6.07, 6.45) is 0. The molecule has 0 aliphatic heterocycles. The van der Waals surface area contributed by atoms with E-state index in [-0.39, 0.29) is 11.3 Å². The van der Waals surface area contributed by atoms with Crippen molar-refractivity contribution in [3.05, 3.63) is 54.1 Å². The van der Waals surface area contributed by atoms with Crippen molar-refractivity contribution in [2.45, 2.75) is 23.1 Å². The number of nitrogens with two attached hydrogens (primary N) is 1. The standard InChI is InChI=1S/C17H21NO2S/c1-12(18)17(13-6-4-7-14(10-13)19-2)21-16-9-5-8-15(11-16)20-3/h4-12,17H,18H2,1-3H3. The van der Waals surface area contributed by atoms with Crippen LogP contribution in [0.3, 0.4) is 0 Å². The Morgan fingerprint density at radius 1 is 0.952 bits per heavy atom. The maximum absolute atomic E-state index is 6.19. The monoisotopic (exact) mass is 303 g/mol. The Labute approximate surface area is 130 Å². The van der Waals surface area contributed by atoms with Gasteiger partial charge in [-0.25, -0.2) is 0 Å². The number of methoxy groups -OCH3 is 2. The van der Waals surface area contributed by atoms with E-state index in [0.717, 1.165) is 22.0 Å². The summed E-state index contributed by atoms with van der Waals surface area (Å²) in [5, 5.41) is 0.159. The highest BCUT2D eigenvalue weighted by Gasteiger charge is 2.18. The van der Waals surface area contributed by atoms with E-state index in [1.165, 1.54) is 0 Å². The van der Waals surface area contributed by atoms with Gasteiger partial charge in [-0.05, 0) is 42.8 Å². The van der Waals surface area contributed by atoms with Crippen LogP contribution in [0.5, 0.6) is 11.5 Å². The Bertz CT molecular complexity index is 587. The van der Waals surface area contributed by atoms with Gasteiger partial charge in [0.2, 0.25) is 0 Å². The predicted molar refractivity (Wildman–Crippen MR) is 88.2 cm³/mol. The highest BCUT2D eigenvalue weighted by molar-refractivity contribution is 7.99. The molecule has 2 unspecified atom stereocenters. The highest BCUT2D eigenvalue weighted by atomic mass is 32.2. The fourth-order valence-corrected chi connectivity index (χ4v) is 3.25. The number of ether oxygens (including phenoxy) is 2. The van der Waals surface area contributed by atoms with Crippen molar-refractivity contribution in [3.8, 4) is 11.5 Å². The SMILES string of the molecule is COc1cccc(SC(c2cccc(OC)c2)C(C)N)c1. The normalized spacial score (nSPS) is 13.5. The molecule has 21 heavy (non-hydrogen) atoms. The van der Waals surface area contributed by atoms with Crippen molar-refractivity contribution in [3.63, 3.8) is 0 Å². The highest BCUT2D eigenvalue weighted by Crippen LogP contribution is 2.39. The molecule has 0 fully saturated rings. The van der Waals surface area contributed by atoms with E-state index >= 15 is 0 Å². The second-order valence-corrected chi connectivity index (χ2v) is 6.07. The van der Waals surface area contributed by atoms with Crippen LogP contribution >= 0.6 is 11.8 Å². The number of hydrogen-bond acceptors (Lipinski definition) is 4. The van der Waals surface area contributed by atoms with Gasteiger partial charge in [-0.15, -0.1) is 11.8 Å². The van der Waals surface area contributed by atoms with Crippen LogP contribution in [0.25, 0.3) is 0 Å². The topological polar surface area (TPSA) is 44.5 Å². The van der Waals surface area contributed by atoms with Gasteiger partial charge in [0.15, 0.2) is 0 Å². The van der Waals surface area contributed by atoms with E-state index in [0.29, 0.717) is 0 Å². The summed E-state index contributed by atoms with van der Waals surface area (Å²) in [7, 11) is 3.35. The summed E-state index contributed by atoms with van der Waals surface area (Å²) in [6, 6.07) is 16.1. The van der Waals surface area contributed by atoms with E-state index in [1.807, 2.05) is 43.3 Å². The molecule has 0 aliphatic carbocycles. The summed E-state index contributed by atoms with van der Waals surface area (Å²) >= 11 is 1.74. The van der Waals surface area contributed by atoms with Crippen molar-refractivity contribution < 1.29 is 9.47 Å². The first kappa shape index (κ1) is 15.7. The van der Waals surface area contributed by atoms with Crippen LogP contribution in [0.15, 0.2) is 53.4 Å². The van der Waals surface area contributed by atoms with Gasteiger partial charge in [0.05, 0.1) is 14.2 Å². The molecule has 0 radical (unpaired) electrons. The zero-order valence-electron chi connectivity index (χ0n) is 12.6. The lowest BCUT2D eigenvalue weighted by Gasteiger charge is -2.21. The second kappa shape index (κ2) is 7.38. The first-order valence-electron chi connectivity index (χ1n) is 6.84. The average Bonchev–Trinajstić information content (AvgIpc) is 2.52. The van der Waals surface area contributed by atoms with Gasteiger partial charge >= 0.3 is 0 Å². The maximum Gasteiger partial charge on any atom is 0.119 e. The Morgan fingerprint density at radius 2 is 1.57 bits per heavy atom. The number of benzene rings is 2. The zero-order valence-corrected chi connectivity index (χ0v) is 13.4. The molecule has 4 heteroatoms. The Hall–Kier alpha value is -1.65. The molecule has 2 rings (SSSR count). The molecule has 2 aromatic carbocycles. The minimum Gasteiger partial charge on any atom is -0.497 e. The molecule has 0 aromatic heterocycles. The lowest BCUT2D eigenvalue weighted by molar-refractivity contribution is 0.413. The van der Waals surface area contributed by atoms with Gasteiger partial charge in [-0.3, -0.25) is 0 Å². The number of thioether (sulfide) groups is 1. The molecule has 0 saturated heterocycles. The summed E-state index contributed by atoms with van der Waals surface area (Å²) in [6.45, 7) is 2.03. The lowest BCUT2D eigenvalue weighted by Crippen LogP contribution is -2.22. The molecule has 112 valence electrons. The third-order valence-electron chi connectivity index (χ3n) is 3.20. The molecular weight excluding hydrogens is 282 g/mol. The van der Waals surface area contributed by atoms with Crippen LogP contribution in [-0.4, -0.2) is 20.3 Å². The van der Waals surface area contributed by atoms with Crippen molar-refractivity contribution >= 4 is 11.8 Å². The summed E-state index contributed by atoms with van der Waals surface area (Å²) < 4.78 is 10.6. The lowest BCUT2D eigenvalue weighted by atomic mass is 10.1. The van der Waals surface area contributed by atoms with Crippen LogP contribution in [0.4, 0.5) is 0 Å². The van der Waals surface area contributed by atoms with E-state index in [2.05, 4.69) is 12.1 Å². The molecule has 0 amide bonds. The maximum atomic E-state index is 6.19. The van der Waals surface area contributed by atoms with Crippen LogP contribution in [0.2, 0.25) is 0 Å². The van der Waals surface area contributed by atoms with E-state index in [4.69, 9.17) is 15.2 Å². The van der Waals surface area contributed by atoms with E-state index in [1.54, 1.807) is 26.0 Å². The third-order valence-corrected chi connectivity index (χ3v) is 4.69. The quantitative estimate of drug-likeness (QED) is 0.822. The first-order chi connectivity index (χ1) is 10.1. The summed E-state index contributed by atoms with van der Waals surface area (Å²) in [5.74, 6) is 1.71. The molecule has 0 bridgehead atoms. The van der Waals surface area contributed by atoms with Crippen molar-refractivity contribution in [1.29, 1.82) is 0 Å². The van der Waals surface area contributed by atoms with Crippen LogP contribution in [0, 0.1) is 0 Å². The zero-order chi connectivity index (χ0) is 15.2. The van der Waals surface area contributed by atoms with Crippen LogP contribution in [-0.2, 0) is 0 Å². The Balaban J connectivity index is 2.26. The number of hydrogen-bond donors (Lipinski definition) is 1. The van der Waals surface area contributed by atoms with Crippen molar-refractivity contribution in [2.75, 3.05) is 14.2 Å². The first-order valence-corrected chi connectivity index (χ1v) is 7.72. The van der Waals surface area contributed by atoms with Gasteiger partial charge < -0.3 is 15.2 Å². The minimum atomic E-state index is 0.0216. The van der Waals surface area contributed by atoms with Crippen LogP contribution < -0.4 is 15.2 Å². The van der Waals surface area contributed by atoms with Gasteiger partial charge in [-0.2, -0.15) is 0 Å². The van der Waals surface area contributed by atoms with Gasteiger partial charge in [-0.1, -0.05) is 18.2 Å². The van der Waals surface area contributed by atoms with Crippen LogP contribution in [0.1, 0.15) is 17.7 Å². The third kappa shape index (κ3) is 4.16. The average molecular weight is 303 g/mol. The molecule has 0 heterocycles. The largest absolute Gasteiger partial charge is 0.497 e. The van der Waals surface area contributed by atoms with Gasteiger partial charge in [0.1, 0.15) is 11.5 Å². The number of rotatable bonds is 6. The predicted octanol–water partition coefficient (Wildman–Crippen LogP) is 3.88. The van der Waals surface area contributed by atoms with Crippen molar-refractivity contribution in [1.82, 2.24) is 0 Å². The Morgan fingerprint density at radius 3 is 2.19 bits per heavy atom. The molecule has 2 atom stereocenters. The summed E-state index contributed by atoms with van der Waals surface area (Å²) in [5.41, 5.74) is 7.35.